The molecule has 0 saturated heterocycles. The molecule has 1 unspecified atom stereocenters. The maximum atomic E-state index is 12.9. The van der Waals surface area contributed by atoms with Gasteiger partial charge in [-0.3, -0.25) is 4.79 Å². The van der Waals surface area contributed by atoms with Crippen molar-refractivity contribution in [3.8, 4) is 11.5 Å². The van der Waals surface area contributed by atoms with Gasteiger partial charge in [-0.2, -0.15) is 0 Å². The Morgan fingerprint density at radius 3 is 2.66 bits per heavy atom. The van der Waals surface area contributed by atoms with Gasteiger partial charge in [0.2, 0.25) is 10.0 Å². The van der Waals surface area contributed by atoms with Crippen LogP contribution >= 0.6 is 11.6 Å². The third-order valence-electron chi connectivity index (χ3n) is 4.76. The fraction of sp³-hybridized carbons (Fsp3) is 0.350. The molecule has 0 radical (unpaired) electrons. The first-order valence-corrected chi connectivity index (χ1v) is 11.2. The third kappa shape index (κ3) is 4.49. The van der Waals surface area contributed by atoms with Crippen molar-refractivity contribution >= 4 is 27.5 Å². The quantitative estimate of drug-likeness (QED) is 0.752. The van der Waals surface area contributed by atoms with E-state index in [0.717, 1.165) is 12.8 Å². The molecule has 2 aromatic carbocycles. The molecule has 0 aromatic heterocycles. The van der Waals surface area contributed by atoms with E-state index in [2.05, 4.69) is 4.72 Å². The fourth-order valence-electron chi connectivity index (χ4n) is 3.09. The minimum atomic E-state index is -3.77. The van der Waals surface area contributed by atoms with Crippen molar-refractivity contribution < 1.29 is 22.7 Å². The second kappa shape index (κ2) is 7.85. The van der Waals surface area contributed by atoms with Gasteiger partial charge in [0.15, 0.2) is 17.6 Å². The standard InChI is InChI=1S/C20H21ClN2O5S/c1-23(11-15-12-27-17-4-2-3-5-18(17)28-15)20(24)13-6-9-16(21)19(10-13)29(25,26)22-14-7-8-14/h2-6,9-10,14-15,22H,7-8,11-12H2,1H3. The van der Waals surface area contributed by atoms with Crippen molar-refractivity contribution in [2.45, 2.75) is 29.9 Å². The van der Waals surface area contributed by atoms with E-state index in [9.17, 15) is 13.2 Å². The second-order valence-corrected chi connectivity index (χ2v) is 9.31. The van der Waals surface area contributed by atoms with E-state index in [1.54, 1.807) is 7.05 Å². The minimum Gasteiger partial charge on any atom is -0.486 e. The number of benzene rings is 2. The van der Waals surface area contributed by atoms with Crippen LogP contribution in [0.1, 0.15) is 23.2 Å². The molecule has 9 heteroatoms. The number of fused-ring (bicyclic) bond motifs is 1. The lowest BCUT2D eigenvalue weighted by Crippen LogP contribution is -2.41. The van der Waals surface area contributed by atoms with E-state index in [1.165, 1.54) is 23.1 Å². The fourth-order valence-corrected chi connectivity index (χ4v) is 4.92. The molecule has 1 aliphatic carbocycles. The van der Waals surface area contributed by atoms with Gasteiger partial charge in [0.1, 0.15) is 11.5 Å². The van der Waals surface area contributed by atoms with Gasteiger partial charge in [0.05, 0.1) is 11.6 Å². The Morgan fingerprint density at radius 2 is 1.93 bits per heavy atom. The van der Waals surface area contributed by atoms with Crippen LogP contribution < -0.4 is 14.2 Å². The zero-order valence-electron chi connectivity index (χ0n) is 15.8. The molecule has 1 saturated carbocycles. The Kier molecular flexibility index (Phi) is 5.42. The first kappa shape index (κ1) is 20.0. The van der Waals surface area contributed by atoms with Crippen LogP contribution in [0.25, 0.3) is 0 Å². The van der Waals surface area contributed by atoms with Gasteiger partial charge < -0.3 is 14.4 Å². The number of nitrogens with zero attached hydrogens (tertiary/aromatic N) is 1. The van der Waals surface area contributed by atoms with Gasteiger partial charge in [0.25, 0.3) is 5.91 Å². The summed E-state index contributed by atoms with van der Waals surface area (Å²) in [6, 6.07) is 11.6. The minimum absolute atomic E-state index is 0.0515. The molecule has 2 aliphatic rings. The summed E-state index contributed by atoms with van der Waals surface area (Å²) in [7, 11) is -2.13. The molecule has 1 N–H and O–H groups in total. The first-order valence-electron chi connectivity index (χ1n) is 9.29. The number of halogens is 1. The van der Waals surface area contributed by atoms with E-state index in [-0.39, 0.29) is 40.1 Å². The van der Waals surface area contributed by atoms with Crippen molar-refractivity contribution in [1.82, 2.24) is 9.62 Å². The van der Waals surface area contributed by atoms with Crippen molar-refractivity contribution in [2.75, 3.05) is 20.2 Å². The van der Waals surface area contributed by atoms with Crippen LogP contribution in [0.2, 0.25) is 5.02 Å². The highest BCUT2D eigenvalue weighted by molar-refractivity contribution is 7.89. The Balaban J connectivity index is 1.47. The molecule has 0 spiro atoms. The topological polar surface area (TPSA) is 84.9 Å². The highest BCUT2D eigenvalue weighted by atomic mass is 35.5. The Hall–Kier alpha value is -2.29. The number of sulfonamides is 1. The predicted octanol–water partition coefficient (Wildman–Crippen LogP) is 2.69. The summed E-state index contributed by atoms with van der Waals surface area (Å²) in [5.74, 6) is 0.982. The number of ether oxygens (including phenoxy) is 2. The number of rotatable bonds is 6. The molecule has 29 heavy (non-hydrogen) atoms. The first-order chi connectivity index (χ1) is 13.8. The predicted molar refractivity (Wildman–Crippen MR) is 108 cm³/mol. The number of likely N-dealkylation sites (N-methyl/N-ethyl adjacent to an activating group) is 1. The molecule has 0 bridgehead atoms. The zero-order chi connectivity index (χ0) is 20.6. The summed E-state index contributed by atoms with van der Waals surface area (Å²) in [6.07, 6.45) is 1.29. The van der Waals surface area contributed by atoms with Crippen LogP contribution in [0, 0.1) is 0 Å². The van der Waals surface area contributed by atoms with Gasteiger partial charge in [-0.1, -0.05) is 23.7 Å². The summed E-state index contributed by atoms with van der Waals surface area (Å²) in [5.41, 5.74) is 0.241. The van der Waals surface area contributed by atoms with Crippen molar-refractivity contribution in [1.29, 1.82) is 0 Å². The SMILES string of the molecule is CN(CC1COc2ccccc2O1)C(=O)c1ccc(Cl)c(S(=O)(=O)NC2CC2)c1. The number of hydrogen-bond donors (Lipinski definition) is 1. The smallest absolute Gasteiger partial charge is 0.253 e. The van der Waals surface area contributed by atoms with Crippen LogP contribution in [0.4, 0.5) is 0 Å². The molecule has 1 atom stereocenters. The van der Waals surface area contributed by atoms with Crippen LogP contribution in [0.5, 0.6) is 11.5 Å². The second-order valence-electron chi connectivity index (χ2n) is 7.22. The molecule has 4 rings (SSSR count). The summed E-state index contributed by atoms with van der Waals surface area (Å²) in [6.45, 7) is 0.610. The van der Waals surface area contributed by atoms with Crippen molar-refractivity contribution in [3.63, 3.8) is 0 Å². The lowest BCUT2D eigenvalue weighted by Gasteiger charge is -2.29. The van der Waals surface area contributed by atoms with E-state index in [0.29, 0.717) is 18.1 Å². The van der Waals surface area contributed by atoms with Crippen LogP contribution in [-0.2, 0) is 10.0 Å². The molecule has 2 aromatic rings. The third-order valence-corrected chi connectivity index (χ3v) is 6.76. The van der Waals surface area contributed by atoms with Crippen LogP contribution in [0.15, 0.2) is 47.4 Å². The largest absolute Gasteiger partial charge is 0.486 e. The summed E-state index contributed by atoms with van der Waals surface area (Å²) < 4.78 is 39.2. The van der Waals surface area contributed by atoms with Gasteiger partial charge >= 0.3 is 0 Å². The van der Waals surface area contributed by atoms with Crippen LogP contribution in [-0.4, -0.2) is 51.6 Å². The summed E-state index contributed by atoms with van der Waals surface area (Å²) in [5, 5.41) is 0.0815. The number of para-hydroxylation sites is 2. The number of nitrogens with one attached hydrogen (secondary N) is 1. The Labute approximate surface area is 174 Å². The maximum absolute atomic E-state index is 12.9. The van der Waals surface area contributed by atoms with E-state index < -0.39 is 10.0 Å². The number of carbonyl (C=O) groups excluding carboxylic acids is 1. The highest BCUT2D eigenvalue weighted by Crippen LogP contribution is 2.31. The van der Waals surface area contributed by atoms with E-state index >= 15 is 0 Å². The lowest BCUT2D eigenvalue weighted by atomic mass is 10.2. The molecule has 7 nitrogen and oxygen atoms in total. The van der Waals surface area contributed by atoms with Crippen molar-refractivity contribution in [3.05, 3.63) is 53.1 Å². The molecular formula is C20H21ClN2O5S. The van der Waals surface area contributed by atoms with E-state index in [1.807, 2.05) is 24.3 Å². The van der Waals surface area contributed by atoms with Crippen LogP contribution in [0.3, 0.4) is 0 Å². The molecule has 1 amide bonds. The Bertz CT molecular complexity index is 1040. The number of carbonyl (C=O) groups is 1. The molecule has 154 valence electrons. The average Bonchev–Trinajstić information content (AvgIpc) is 3.51. The zero-order valence-corrected chi connectivity index (χ0v) is 17.4. The average molecular weight is 437 g/mol. The van der Waals surface area contributed by atoms with Gasteiger partial charge in [-0.15, -0.1) is 0 Å². The van der Waals surface area contributed by atoms with Crippen molar-refractivity contribution in [2.24, 2.45) is 0 Å². The summed E-state index contributed by atoms with van der Waals surface area (Å²) in [4.78, 5) is 14.3. The van der Waals surface area contributed by atoms with Gasteiger partial charge in [-0.05, 0) is 43.2 Å². The number of hydrogen-bond acceptors (Lipinski definition) is 5. The summed E-state index contributed by atoms with van der Waals surface area (Å²) >= 11 is 6.09. The normalized spacial score (nSPS) is 18.3. The Morgan fingerprint density at radius 1 is 1.21 bits per heavy atom. The van der Waals surface area contributed by atoms with Gasteiger partial charge in [-0.25, -0.2) is 13.1 Å². The number of amides is 1. The molecular weight excluding hydrogens is 416 g/mol. The molecule has 1 aliphatic heterocycles. The molecule has 1 heterocycles. The maximum Gasteiger partial charge on any atom is 0.253 e. The highest BCUT2D eigenvalue weighted by Gasteiger charge is 2.30. The van der Waals surface area contributed by atoms with Gasteiger partial charge in [0, 0.05) is 18.7 Å². The monoisotopic (exact) mass is 436 g/mol. The van der Waals surface area contributed by atoms with E-state index in [4.69, 9.17) is 21.1 Å². The lowest BCUT2D eigenvalue weighted by molar-refractivity contribution is 0.0521. The molecule has 1 fully saturated rings.